The lowest BCUT2D eigenvalue weighted by Gasteiger charge is -2.24. The van der Waals surface area contributed by atoms with E-state index in [1.165, 1.54) is 12.5 Å². The van der Waals surface area contributed by atoms with Crippen molar-refractivity contribution in [1.29, 1.82) is 0 Å². The van der Waals surface area contributed by atoms with Gasteiger partial charge in [-0.2, -0.15) is 12.6 Å². The lowest BCUT2D eigenvalue weighted by molar-refractivity contribution is -0.141. The first-order valence-electron chi connectivity index (χ1n) is 10.0. The third-order valence-corrected chi connectivity index (χ3v) is 4.89. The molecule has 0 saturated carbocycles. The second-order valence-corrected chi connectivity index (χ2v) is 7.42. The van der Waals surface area contributed by atoms with Crippen LogP contribution in [0.3, 0.4) is 0 Å². The van der Waals surface area contributed by atoms with Crippen molar-refractivity contribution in [3.8, 4) is 0 Å². The van der Waals surface area contributed by atoms with Crippen LogP contribution in [-0.2, 0) is 25.6 Å². The highest BCUT2D eigenvalue weighted by atomic mass is 32.1. The molecule has 0 radical (unpaired) electrons. The number of nitrogens with zero attached hydrogens (tertiary/aromatic N) is 1. The Morgan fingerprint density at radius 2 is 1.69 bits per heavy atom. The number of unbranched alkanes of at least 4 members (excludes halogenated alkanes) is 1. The van der Waals surface area contributed by atoms with E-state index in [0.717, 1.165) is 0 Å². The summed E-state index contributed by atoms with van der Waals surface area (Å²) >= 11 is 3.89. The molecule has 3 amide bonds. The average Bonchev–Trinajstić information content (AvgIpc) is 3.27. The van der Waals surface area contributed by atoms with Gasteiger partial charge in [0.25, 0.3) is 0 Å². The quantitative estimate of drug-likeness (QED) is 0.0925. The number of aliphatic hydroxyl groups excluding tert-OH is 1. The molecule has 0 fully saturated rings. The fourth-order valence-corrected chi connectivity index (χ4v) is 2.94. The fourth-order valence-electron chi connectivity index (χ4n) is 2.69. The van der Waals surface area contributed by atoms with Gasteiger partial charge in [-0.15, -0.1) is 0 Å². The van der Waals surface area contributed by atoms with Crippen molar-refractivity contribution in [2.24, 2.45) is 11.5 Å². The summed E-state index contributed by atoms with van der Waals surface area (Å²) < 4.78 is 0. The summed E-state index contributed by atoms with van der Waals surface area (Å²) in [5.74, 6) is -3.64. The van der Waals surface area contributed by atoms with Crippen LogP contribution < -0.4 is 27.4 Å². The summed E-state index contributed by atoms with van der Waals surface area (Å²) in [7, 11) is 0. The largest absolute Gasteiger partial charge is 0.480 e. The number of rotatable bonds is 15. The zero-order valence-corrected chi connectivity index (χ0v) is 18.4. The molecule has 4 unspecified atom stereocenters. The molecule has 0 aromatic carbocycles. The first kappa shape index (κ1) is 27.4. The Balaban J connectivity index is 2.77. The predicted molar refractivity (Wildman–Crippen MR) is 118 cm³/mol. The second-order valence-electron chi connectivity index (χ2n) is 7.06. The Morgan fingerprint density at radius 1 is 1.06 bits per heavy atom. The van der Waals surface area contributed by atoms with E-state index in [0.29, 0.717) is 25.1 Å². The predicted octanol–water partition coefficient (Wildman–Crippen LogP) is -3.13. The van der Waals surface area contributed by atoms with Crippen LogP contribution in [0.2, 0.25) is 0 Å². The van der Waals surface area contributed by atoms with Crippen LogP contribution in [0, 0.1) is 0 Å². The molecule has 1 aromatic rings. The minimum atomic E-state index is -1.36. The molecule has 10 N–H and O–H groups in total. The summed E-state index contributed by atoms with van der Waals surface area (Å²) in [5.41, 5.74) is 11.9. The van der Waals surface area contributed by atoms with Gasteiger partial charge in [0.05, 0.1) is 19.0 Å². The van der Waals surface area contributed by atoms with Crippen LogP contribution >= 0.6 is 12.6 Å². The molecule has 1 heterocycles. The van der Waals surface area contributed by atoms with Gasteiger partial charge < -0.3 is 42.6 Å². The lowest BCUT2D eigenvalue weighted by Crippen LogP contribution is -2.58. The molecule has 0 aliphatic heterocycles. The molecule has 13 nitrogen and oxygen atoms in total. The lowest BCUT2D eigenvalue weighted by atomic mass is 10.1. The van der Waals surface area contributed by atoms with Gasteiger partial charge in [0.1, 0.15) is 18.1 Å². The summed E-state index contributed by atoms with van der Waals surface area (Å²) in [6, 6.07) is -4.71. The molecule has 0 saturated heterocycles. The number of amides is 3. The van der Waals surface area contributed by atoms with Crippen molar-refractivity contribution < 1.29 is 29.4 Å². The SMILES string of the molecule is NCCCCC(NC(=O)C(CO)NC(=O)C(N)Cc1cnc[nH]1)C(=O)NC(CS)C(=O)O. The molecule has 0 aliphatic rings. The number of H-pyrrole nitrogens is 1. The Morgan fingerprint density at radius 3 is 2.22 bits per heavy atom. The van der Waals surface area contributed by atoms with E-state index in [4.69, 9.17) is 16.6 Å². The van der Waals surface area contributed by atoms with E-state index >= 15 is 0 Å². The number of nitrogens with two attached hydrogens (primary N) is 2. The van der Waals surface area contributed by atoms with Gasteiger partial charge in [-0.3, -0.25) is 14.4 Å². The third-order valence-electron chi connectivity index (χ3n) is 4.52. The number of hydrogen-bond acceptors (Lipinski definition) is 9. The number of aliphatic hydroxyl groups is 1. The van der Waals surface area contributed by atoms with E-state index < -0.39 is 54.5 Å². The van der Waals surface area contributed by atoms with Crippen LogP contribution in [0.5, 0.6) is 0 Å². The van der Waals surface area contributed by atoms with Gasteiger partial charge in [-0.25, -0.2) is 9.78 Å². The molecule has 1 aromatic heterocycles. The molecule has 0 aliphatic carbocycles. The van der Waals surface area contributed by atoms with Gasteiger partial charge in [-0.05, 0) is 25.8 Å². The van der Waals surface area contributed by atoms with Gasteiger partial charge in [-0.1, -0.05) is 0 Å². The van der Waals surface area contributed by atoms with Crippen molar-refractivity contribution >= 4 is 36.3 Å². The topological polar surface area (TPSA) is 226 Å². The molecule has 0 bridgehead atoms. The number of aliphatic carboxylic acids is 1. The second kappa shape index (κ2) is 14.4. The maximum absolute atomic E-state index is 12.6. The normalized spacial score (nSPS) is 14.6. The van der Waals surface area contributed by atoms with Gasteiger partial charge in [0.2, 0.25) is 17.7 Å². The molecule has 180 valence electrons. The zero-order chi connectivity index (χ0) is 24.1. The van der Waals surface area contributed by atoms with Gasteiger partial charge in [0.15, 0.2) is 0 Å². The van der Waals surface area contributed by atoms with Gasteiger partial charge in [0, 0.05) is 24.1 Å². The fraction of sp³-hybridized carbons (Fsp3) is 0.611. The van der Waals surface area contributed by atoms with Crippen molar-refractivity contribution in [3.05, 3.63) is 18.2 Å². The third kappa shape index (κ3) is 9.21. The van der Waals surface area contributed by atoms with Crippen molar-refractivity contribution in [2.45, 2.75) is 49.9 Å². The molecule has 4 atom stereocenters. The number of carboxylic acids is 1. The highest BCUT2D eigenvalue weighted by Gasteiger charge is 2.29. The number of carboxylic acid groups (broad SMARTS) is 1. The monoisotopic (exact) mass is 473 g/mol. The minimum Gasteiger partial charge on any atom is -0.480 e. The Kier molecular flexibility index (Phi) is 12.3. The Labute approximate surface area is 190 Å². The highest BCUT2D eigenvalue weighted by molar-refractivity contribution is 7.80. The number of aromatic nitrogens is 2. The van der Waals surface area contributed by atoms with Crippen LogP contribution in [0.1, 0.15) is 25.0 Å². The van der Waals surface area contributed by atoms with Crippen LogP contribution in [-0.4, -0.2) is 86.9 Å². The number of nitrogens with one attached hydrogen (secondary N) is 4. The van der Waals surface area contributed by atoms with Crippen LogP contribution in [0.15, 0.2) is 12.5 Å². The van der Waals surface area contributed by atoms with E-state index in [1.807, 2.05) is 0 Å². The molecular formula is C18H31N7O6S. The van der Waals surface area contributed by atoms with Crippen molar-refractivity contribution in [3.63, 3.8) is 0 Å². The molecule has 14 heteroatoms. The summed E-state index contributed by atoms with van der Waals surface area (Å²) in [5, 5.41) is 25.8. The number of hydrogen-bond donors (Lipinski definition) is 9. The first-order valence-corrected chi connectivity index (χ1v) is 10.6. The maximum atomic E-state index is 12.6. The molecule has 0 spiro atoms. The summed E-state index contributed by atoms with van der Waals surface area (Å²) in [6.45, 7) is -0.361. The zero-order valence-electron chi connectivity index (χ0n) is 17.5. The Hall–Kier alpha value is -2.68. The van der Waals surface area contributed by atoms with E-state index in [2.05, 4.69) is 38.5 Å². The van der Waals surface area contributed by atoms with Crippen molar-refractivity contribution in [1.82, 2.24) is 25.9 Å². The number of aromatic amines is 1. The van der Waals surface area contributed by atoms with E-state index in [9.17, 15) is 24.3 Å². The molecular weight excluding hydrogens is 442 g/mol. The number of thiol groups is 1. The minimum absolute atomic E-state index is 0.135. The van der Waals surface area contributed by atoms with E-state index in [1.54, 1.807) is 0 Å². The number of carbonyl (C=O) groups is 4. The summed E-state index contributed by atoms with van der Waals surface area (Å²) in [4.78, 5) is 55.2. The highest BCUT2D eigenvalue weighted by Crippen LogP contribution is 2.04. The Bertz CT molecular complexity index is 748. The number of imidazole rings is 1. The van der Waals surface area contributed by atoms with Crippen LogP contribution in [0.25, 0.3) is 0 Å². The number of carbonyl (C=O) groups excluding carboxylic acids is 3. The maximum Gasteiger partial charge on any atom is 0.327 e. The standard InChI is InChI=1S/C18H31N7O6S/c19-4-2-1-3-12(16(28)25-14(8-32)18(30)31)23-17(29)13(7-26)24-15(27)11(20)5-10-6-21-9-22-10/h6,9,11-14,26,32H,1-5,7-8,19-20H2,(H,21,22)(H,23,29)(H,24,27)(H,25,28)(H,30,31). The molecule has 1 rings (SSSR count). The first-order chi connectivity index (χ1) is 15.2. The van der Waals surface area contributed by atoms with Crippen molar-refractivity contribution in [2.75, 3.05) is 18.9 Å². The summed E-state index contributed by atoms with van der Waals surface area (Å²) in [6.07, 6.45) is 4.32. The average molecular weight is 474 g/mol. The molecule has 32 heavy (non-hydrogen) atoms. The smallest absolute Gasteiger partial charge is 0.327 e. The van der Waals surface area contributed by atoms with Crippen LogP contribution in [0.4, 0.5) is 0 Å². The van der Waals surface area contributed by atoms with Gasteiger partial charge >= 0.3 is 5.97 Å². The van der Waals surface area contributed by atoms with E-state index in [-0.39, 0.29) is 18.6 Å².